The summed E-state index contributed by atoms with van der Waals surface area (Å²) in [7, 11) is 0. The summed E-state index contributed by atoms with van der Waals surface area (Å²) in [6.07, 6.45) is 0.964. The van der Waals surface area contributed by atoms with Gasteiger partial charge in [-0.3, -0.25) is 4.79 Å². The Kier molecular flexibility index (Phi) is 4.48. The zero-order valence-corrected chi connectivity index (χ0v) is 14.3. The zero-order valence-electron chi connectivity index (χ0n) is 12.7. The highest BCUT2D eigenvalue weighted by Gasteiger charge is 2.33. The lowest BCUT2D eigenvalue weighted by Gasteiger charge is -2.22. The highest BCUT2D eigenvalue weighted by Crippen LogP contribution is 2.37. The number of nitrogens with zero attached hydrogens (tertiary/aromatic N) is 2. The fourth-order valence-electron chi connectivity index (χ4n) is 2.73. The number of halogens is 1. The van der Waals surface area contributed by atoms with Crippen molar-refractivity contribution in [3.8, 4) is 5.75 Å². The quantitative estimate of drug-likeness (QED) is 0.875. The number of benzene rings is 2. The molecule has 118 valence electrons. The summed E-state index contributed by atoms with van der Waals surface area (Å²) in [5, 5.41) is 16.2. The molecule has 2 aromatic carbocycles. The minimum atomic E-state index is -0.262. The third-order valence-electron chi connectivity index (χ3n) is 3.94. The second-order valence-electron chi connectivity index (χ2n) is 5.42. The van der Waals surface area contributed by atoms with Crippen LogP contribution in [0.5, 0.6) is 5.75 Å². The number of aromatic hydroxyl groups is 1. The number of carbonyl (C=O) groups excluding carboxylic acids is 1. The molecule has 0 aromatic heterocycles. The van der Waals surface area contributed by atoms with Gasteiger partial charge in [0.1, 0.15) is 5.75 Å². The summed E-state index contributed by atoms with van der Waals surface area (Å²) in [4.78, 5) is 12.3. The molecule has 0 bridgehead atoms. The molecule has 1 amide bonds. The average Bonchev–Trinajstić information content (AvgIpc) is 3.00. The Hall–Kier alpha value is -2.14. The summed E-state index contributed by atoms with van der Waals surface area (Å²) in [5.74, 6) is 0.143. The van der Waals surface area contributed by atoms with E-state index in [1.54, 1.807) is 12.1 Å². The molecule has 23 heavy (non-hydrogen) atoms. The Labute approximate surface area is 143 Å². The average molecular weight is 373 g/mol. The molecule has 1 atom stereocenters. The van der Waals surface area contributed by atoms with Gasteiger partial charge in [-0.25, -0.2) is 5.01 Å². The van der Waals surface area contributed by atoms with Crippen molar-refractivity contribution in [2.45, 2.75) is 25.8 Å². The van der Waals surface area contributed by atoms with Crippen LogP contribution in [0.4, 0.5) is 0 Å². The number of carbonyl (C=O) groups is 1. The first-order valence-corrected chi connectivity index (χ1v) is 8.32. The van der Waals surface area contributed by atoms with Crippen molar-refractivity contribution in [2.75, 3.05) is 0 Å². The van der Waals surface area contributed by atoms with E-state index in [0.29, 0.717) is 12.8 Å². The van der Waals surface area contributed by atoms with Gasteiger partial charge in [0.15, 0.2) is 0 Å². The molecule has 1 heterocycles. The molecule has 0 spiro atoms. The highest BCUT2D eigenvalue weighted by molar-refractivity contribution is 9.10. The van der Waals surface area contributed by atoms with Crippen LogP contribution in [0.3, 0.4) is 0 Å². The van der Waals surface area contributed by atoms with Gasteiger partial charge in [-0.2, -0.15) is 5.10 Å². The van der Waals surface area contributed by atoms with Crippen LogP contribution in [-0.4, -0.2) is 21.7 Å². The minimum absolute atomic E-state index is 0.0506. The van der Waals surface area contributed by atoms with Crippen molar-refractivity contribution in [1.29, 1.82) is 0 Å². The lowest BCUT2D eigenvalue weighted by molar-refractivity contribution is -0.132. The van der Waals surface area contributed by atoms with E-state index in [1.807, 2.05) is 43.3 Å². The van der Waals surface area contributed by atoms with Crippen LogP contribution in [0, 0.1) is 0 Å². The van der Waals surface area contributed by atoms with Crippen molar-refractivity contribution in [3.63, 3.8) is 0 Å². The summed E-state index contributed by atoms with van der Waals surface area (Å²) in [6, 6.07) is 14.7. The van der Waals surface area contributed by atoms with E-state index in [4.69, 9.17) is 0 Å². The van der Waals surface area contributed by atoms with Crippen LogP contribution in [0.1, 0.15) is 36.9 Å². The molecule has 2 aromatic rings. The molecule has 1 aliphatic rings. The maximum absolute atomic E-state index is 12.3. The zero-order chi connectivity index (χ0) is 16.4. The van der Waals surface area contributed by atoms with Gasteiger partial charge < -0.3 is 5.11 Å². The smallest absolute Gasteiger partial charge is 0.242 e. The van der Waals surface area contributed by atoms with E-state index >= 15 is 0 Å². The summed E-state index contributed by atoms with van der Waals surface area (Å²) < 4.78 is 0.999. The Bertz CT molecular complexity index is 756. The van der Waals surface area contributed by atoms with Gasteiger partial charge >= 0.3 is 0 Å². The molecule has 1 aliphatic heterocycles. The number of phenolic OH excluding ortho intramolecular Hbond substituents is 1. The molecule has 4 nitrogen and oxygen atoms in total. The first-order valence-electron chi connectivity index (χ1n) is 7.53. The molecule has 1 N–H and O–H groups in total. The SMILES string of the molecule is CCC(=O)N1N=C(c2ccc(Br)cc2)CC1c1ccccc1O. The van der Waals surface area contributed by atoms with E-state index in [9.17, 15) is 9.90 Å². The van der Waals surface area contributed by atoms with Crippen LogP contribution < -0.4 is 0 Å². The number of hydrogen-bond donors (Lipinski definition) is 1. The van der Waals surface area contributed by atoms with Crippen molar-refractivity contribution >= 4 is 27.5 Å². The number of para-hydroxylation sites is 1. The predicted molar refractivity (Wildman–Crippen MR) is 93.3 cm³/mol. The van der Waals surface area contributed by atoms with E-state index in [0.717, 1.165) is 21.3 Å². The van der Waals surface area contributed by atoms with E-state index < -0.39 is 0 Å². The number of hydrazone groups is 1. The summed E-state index contributed by atoms with van der Waals surface area (Å²) >= 11 is 3.42. The van der Waals surface area contributed by atoms with Crippen LogP contribution >= 0.6 is 15.9 Å². The Balaban J connectivity index is 1.97. The molecule has 5 heteroatoms. The Morgan fingerprint density at radius 1 is 1.26 bits per heavy atom. The molecule has 1 unspecified atom stereocenters. The molecular weight excluding hydrogens is 356 g/mol. The van der Waals surface area contributed by atoms with Gasteiger partial charge in [0.2, 0.25) is 5.91 Å². The van der Waals surface area contributed by atoms with Gasteiger partial charge in [-0.15, -0.1) is 0 Å². The first kappa shape index (κ1) is 15.7. The van der Waals surface area contributed by atoms with Crippen LogP contribution in [0.2, 0.25) is 0 Å². The molecular formula is C18H17BrN2O2. The van der Waals surface area contributed by atoms with Gasteiger partial charge in [0.25, 0.3) is 0 Å². The molecule has 0 fully saturated rings. The van der Waals surface area contributed by atoms with Crippen molar-refractivity contribution in [2.24, 2.45) is 5.10 Å². The van der Waals surface area contributed by atoms with Gasteiger partial charge in [-0.1, -0.05) is 53.2 Å². The van der Waals surface area contributed by atoms with Gasteiger partial charge in [-0.05, 0) is 23.8 Å². The van der Waals surface area contributed by atoms with Gasteiger partial charge in [0.05, 0.1) is 11.8 Å². The molecule has 3 rings (SSSR count). The lowest BCUT2D eigenvalue weighted by Crippen LogP contribution is -2.26. The largest absolute Gasteiger partial charge is 0.508 e. The molecule has 0 saturated carbocycles. The number of phenols is 1. The van der Waals surface area contributed by atoms with Crippen molar-refractivity contribution in [3.05, 3.63) is 64.1 Å². The van der Waals surface area contributed by atoms with Crippen molar-refractivity contribution < 1.29 is 9.90 Å². The van der Waals surface area contributed by atoms with Crippen LogP contribution in [-0.2, 0) is 4.79 Å². The second-order valence-corrected chi connectivity index (χ2v) is 6.34. The molecule has 0 radical (unpaired) electrons. The van der Waals surface area contributed by atoms with E-state index in [1.165, 1.54) is 5.01 Å². The predicted octanol–water partition coefficient (Wildman–Crippen LogP) is 4.24. The fraction of sp³-hybridized carbons (Fsp3) is 0.222. The maximum Gasteiger partial charge on any atom is 0.242 e. The first-order chi connectivity index (χ1) is 11.1. The third kappa shape index (κ3) is 3.15. The maximum atomic E-state index is 12.3. The number of hydrogen-bond acceptors (Lipinski definition) is 3. The second kappa shape index (κ2) is 6.54. The molecule has 0 aliphatic carbocycles. The number of rotatable bonds is 3. The summed E-state index contributed by atoms with van der Waals surface area (Å²) in [6.45, 7) is 1.82. The van der Waals surface area contributed by atoms with E-state index in [2.05, 4.69) is 21.0 Å². The van der Waals surface area contributed by atoms with Crippen LogP contribution in [0.15, 0.2) is 58.1 Å². The Morgan fingerprint density at radius 2 is 1.96 bits per heavy atom. The topological polar surface area (TPSA) is 52.9 Å². The summed E-state index contributed by atoms with van der Waals surface area (Å²) in [5.41, 5.74) is 2.57. The normalized spacial score (nSPS) is 17.2. The third-order valence-corrected chi connectivity index (χ3v) is 4.47. The molecule has 0 saturated heterocycles. The van der Waals surface area contributed by atoms with Crippen LogP contribution in [0.25, 0.3) is 0 Å². The highest BCUT2D eigenvalue weighted by atomic mass is 79.9. The van der Waals surface area contributed by atoms with Gasteiger partial charge in [0, 0.05) is 22.9 Å². The fourth-order valence-corrected chi connectivity index (χ4v) is 2.99. The minimum Gasteiger partial charge on any atom is -0.508 e. The Morgan fingerprint density at radius 3 is 2.61 bits per heavy atom. The lowest BCUT2D eigenvalue weighted by atomic mass is 9.97. The van der Waals surface area contributed by atoms with E-state index in [-0.39, 0.29) is 17.7 Å². The monoisotopic (exact) mass is 372 g/mol. The van der Waals surface area contributed by atoms with Crippen molar-refractivity contribution in [1.82, 2.24) is 5.01 Å². The standard InChI is InChI=1S/C18H17BrN2O2/c1-2-18(23)21-16(14-5-3-4-6-17(14)22)11-15(20-21)12-7-9-13(19)10-8-12/h3-10,16,22H,2,11H2,1H3. The number of amides is 1.